The minimum Gasteiger partial charge on any atom is -0.377 e. The van der Waals surface area contributed by atoms with Gasteiger partial charge in [0.1, 0.15) is 0 Å². The van der Waals surface area contributed by atoms with Crippen molar-refractivity contribution in [1.82, 2.24) is 15.5 Å². The second-order valence-corrected chi connectivity index (χ2v) is 4.07. The molecule has 15 heavy (non-hydrogen) atoms. The third-order valence-corrected chi connectivity index (χ3v) is 3.00. The second-order valence-electron chi connectivity index (χ2n) is 4.07. The number of rotatable bonds is 5. The zero-order chi connectivity index (χ0) is 10.7. The number of nitrogens with one attached hydrogen (secondary N) is 1. The molecule has 1 fully saturated rings. The van der Waals surface area contributed by atoms with Gasteiger partial charge in [0.25, 0.3) is 0 Å². The molecule has 0 radical (unpaired) electrons. The number of hydrogen-bond donors (Lipinski definition) is 1. The first kappa shape index (κ1) is 10.6. The average Bonchev–Trinajstić information content (AvgIpc) is 2.56. The fourth-order valence-electron chi connectivity index (χ4n) is 1.84. The van der Waals surface area contributed by atoms with E-state index < -0.39 is 0 Å². The van der Waals surface area contributed by atoms with Gasteiger partial charge >= 0.3 is 0 Å². The van der Waals surface area contributed by atoms with Crippen LogP contribution >= 0.6 is 0 Å². The van der Waals surface area contributed by atoms with E-state index in [0.29, 0.717) is 18.3 Å². The largest absolute Gasteiger partial charge is 0.377 e. The van der Waals surface area contributed by atoms with Crippen LogP contribution in [0.1, 0.15) is 31.0 Å². The molecule has 0 aliphatic heterocycles. The lowest BCUT2D eigenvalue weighted by atomic mass is 9.80. The number of nitrogens with zero attached hydrogens (tertiary/aromatic N) is 2. The fraction of sp³-hybridized carbons (Fsp3) is 0.800. The number of ether oxygens (including phenoxy) is 1. The molecule has 84 valence electrons. The van der Waals surface area contributed by atoms with Crippen molar-refractivity contribution in [3.63, 3.8) is 0 Å². The SMILES string of the molecule is COC1(CNCc2noc(C)n2)CCC1. The van der Waals surface area contributed by atoms with Crippen molar-refractivity contribution in [2.75, 3.05) is 13.7 Å². The van der Waals surface area contributed by atoms with E-state index >= 15 is 0 Å². The summed E-state index contributed by atoms with van der Waals surface area (Å²) < 4.78 is 10.4. The normalized spacial score (nSPS) is 18.8. The molecule has 5 heteroatoms. The van der Waals surface area contributed by atoms with Gasteiger partial charge in [-0.2, -0.15) is 4.98 Å². The van der Waals surface area contributed by atoms with Crippen molar-refractivity contribution >= 4 is 0 Å². The summed E-state index contributed by atoms with van der Waals surface area (Å²) in [4.78, 5) is 4.12. The summed E-state index contributed by atoms with van der Waals surface area (Å²) in [6, 6.07) is 0. The lowest BCUT2D eigenvalue weighted by Crippen LogP contribution is -2.47. The van der Waals surface area contributed by atoms with Crippen molar-refractivity contribution in [1.29, 1.82) is 0 Å². The molecular weight excluding hydrogens is 194 g/mol. The van der Waals surface area contributed by atoms with Gasteiger partial charge in [-0.1, -0.05) is 5.16 Å². The molecule has 0 spiro atoms. The van der Waals surface area contributed by atoms with Gasteiger partial charge in [0.05, 0.1) is 12.1 Å². The Hall–Kier alpha value is -0.940. The number of hydrogen-bond acceptors (Lipinski definition) is 5. The van der Waals surface area contributed by atoms with Gasteiger partial charge < -0.3 is 14.6 Å². The lowest BCUT2D eigenvalue weighted by Gasteiger charge is -2.40. The van der Waals surface area contributed by atoms with Crippen LogP contribution in [-0.2, 0) is 11.3 Å². The van der Waals surface area contributed by atoms with E-state index in [0.717, 1.165) is 19.4 Å². The Kier molecular flexibility index (Phi) is 3.02. The van der Waals surface area contributed by atoms with Crippen LogP contribution < -0.4 is 5.32 Å². The van der Waals surface area contributed by atoms with Crippen molar-refractivity contribution < 1.29 is 9.26 Å². The fourth-order valence-corrected chi connectivity index (χ4v) is 1.84. The van der Waals surface area contributed by atoms with E-state index in [9.17, 15) is 0 Å². The van der Waals surface area contributed by atoms with Gasteiger partial charge in [-0.15, -0.1) is 0 Å². The highest BCUT2D eigenvalue weighted by atomic mass is 16.5. The zero-order valence-corrected chi connectivity index (χ0v) is 9.25. The molecule has 0 atom stereocenters. The first-order valence-electron chi connectivity index (χ1n) is 5.29. The van der Waals surface area contributed by atoms with Crippen LogP contribution in [-0.4, -0.2) is 29.4 Å². The molecule has 1 aromatic heterocycles. The van der Waals surface area contributed by atoms with Gasteiger partial charge in [0.15, 0.2) is 5.82 Å². The van der Waals surface area contributed by atoms with Crippen LogP contribution in [0, 0.1) is 6.92 Å². The summed E-state index contributed by atoms with van der Waals surface area (Å²) in [5.41, 5.74) is 0.0543. The summed E-state index contributed by atoms with van der Waals surface area (Å²) >= 11 is 0. The maximum atomic E-state index is 5.49. The summed E-state index contributed by atoms with van der Waals surface area (Å²) in [5.74, 6) is 1.31. The standard InChI is InChI=1S/C10H17N3O2/c1-8-12-9(13-15-8)6-11-7-10(14-2)4-3-5-10/h11H,3-7H2,1-2H3. The molecule has 1 aliphatic rings. The third-order valence-electron chi connectivity index (χ3n) is 3.00. The summed E-state index contributed by atoms with van der Waals surface area (Å²) in [5, 5.41) is 7.11. The van der Waals surface area contributed by atoms with E-state index in [1.165, 1.54) is 6.42 Å². The molecule has 2 rings (SSSR count). The molecule has 0 saturated heterocycles. The van der Waals surface area contributed by atoms with E-state index in [1.54, 1.807) is 14.0 Å². The highest BCUT2D eigenvalue weighted by Gasteiger charge is 2.36. The van der Waals surface area contributed by atoms with E-state index in [1.807, 2.05) is 0 Å². The van der Waals surface area contributed by atoms with Crippen molar-refractivity contribution in [3.8, 4) is 0 Å². The molecule has 1 saturated carbocycles. The van der Waals surface area contributed by atoms with Gasteiger partial charge in [0.2, 0.25) is 5.89 Å². The van der Waals surface area contributed by atoms with Crippen molar-refractivity contribution in [2.24, 2.45) is 0 Å². The van der Waals surface area contributed by atoms with Gasteiger partial charge in [-0.25, -0.2) is 0 Å². The molecule has 1 aromatic rings. The Balaban J connectivity index is 1.74. The monoisotopic (exact) mass is 211 g/mol. The summed E-state index contributed by atoms with van der Waals surface area (Å²) in [7, 11) is 1.78. The summed E-state index contributed by atoms with van der Waals surface area (Å²) in [6.45, 7) is 3.29. The Morgan fingerprint density at radius 1 is 1.53 bits per heavy atom. The number of methoxy groups -OCH3 is 1. The van der Waals surface area contributed by atoms with Gasteiger partial charge in [-0.05, 0) is 19.3 Å². The molecule has 0 aromatic carbocycles. The Morgan fingerprint density at radius 3 is 2.80 bits per heavy atom. The summed E-state index contributed by atoms with van der Waals surface area (Å²) in [6.07, 6.45) is 3.54. The molecule has 0 unspecified atom stereocenters. The first-order valence-corrected chi connectivity index (χ1v) is 5.29. The topological polar surface area (TPSA) is 60.2 Å². The molecule has 1 N–H and O–H groups in total. The number of aryl methyl sites for hydroxylation is 1. The van der Waals surface area contributed by atoms with Crippen LogP contribution in [0.4, 0.5) is 0 Å². The maximum Gasteiger partial charge on any atom is 0.223 e. The predicted octanol–water partition coefficient (Wildman–Crippen LogP) is 1.04. The molecular formula is C10H17N3O2. The van der Waals surface area contributed by atoms with E-state index in [2.05, 4.69) is 15.5 Å². The quantitative estimate of drug-likeness (QED) is 0.788. The van der Waals surface area contributed by atoms with Gasteiger partial charge in [0, 0.05) is 20.6 Å². The van der Waals surface area contributed by atoms with Crippen LogP contribution in [0.3, 0.4) is 0 Å². The van der Waals surface area contributed by atoms with Crippen LogP contribution in [0.5, 0.6) is 0 Å². The third kappa shape index (κ3) is 2.35. The molecule has 1 aliphatic carbocycles. The first-order chi connectivity index (χ1) is 7.24. The van der Waals surface area contributed by atoms with Crippen LogP contribution in [0.15, 0.2) is 4.52 Å². The van der Waals surface area contributed by atoms with Crippen molar-refractivity contribution in [2.45, 2.75) is 38.3 Å². The highest BCUT2D eigenvalue weighted by Crippen LogP contribution is 2.34. The molecule has 0 bridgehead atoms. The Bertz CT molecular complexity index is 315. The van der Waals surface area contributed by atoms with Gasteiger partial charge in [-0.3, -0.25) is 0 Å². The maximum absolute atomic E-state index is 5.49. The van der Waals surface area contributed by atoms with Crippen molar-refractivity contribution in [3.05, 3.63) is 11.7 Å². The molecule has 1 heterocycles. The lowest BCUT2D eigenvalue weighted by molar-refractivity contribution is -0.0696. The highest BCUT2D eigenvalue weighted by molar-refractivity contribution is 4.92. The van der Waals surface area contributed by atoms with E-state index in [-0.39, 0.29) is 5.60 Å². The Labute approximate surface area is 89.2 Å². The minimum absolute atomic E-state index is 0.0543. The second kappa shape index (κ2) is 4.28. The van der Waals surface area contributed by atoms with Crippen LogP contribution in [0.2, 0.25) is 0 Å². The van der Waals surface area contributed by atoms with E-state index in [4.69, 9.17) is 9.26 Å². The Morgan fingerprint density at radius 2 is 2.33 bits per heavy atom. The molecule has 0 amide bonds. The number of aromatic nitrogens is 2. The molecule has 5 nitrogen and oxygen atoms in total. The average molecular weight is 211 g/mol. The predicted molar refractivity (Wildman–Crippen MR) is 54.3 cm³/mol. The zero-order valence-electron chi connectivity index (χ0n) is 9.25. The smallest absolute Gasteiger partial charge is 0.223 e. The minimum atomic E-state index is 0.0543. The van der Waals surface area contributed by atoms with Crippen LogP contribution in [0.25, 0.3) is 0 Å².